The molecule has 3 rings (SSSR count). The minimum absolute atomic E-state index is 0.0399. The van der Waals surface area contributed by atoms with Crippen molar-refractivity contribution in [2.45, 2.75) is 37.6 Å². The molecular weight excluding hydrogens is 224 g/mol. The quantitative estimate of drug-likeness (QED) is 0.824. The van der Waals surface area contributed by atoms with Gasteiger partial charge in [-0.15, -0.1) is 0 Å². The molecule has 0 aromatic heterocycles. The van der Waals surface area contributed by atoms with E-state index < -0.39 is 0 Å². The zero-order valence-electron chi connectivity index (χ0n) is 11.1. The van der Waals surface area contributed by atoms with Crippen molar-refractivity contribution in [1.82, 2.24) is 5.32 Å². The maximum Gasteiger partial charge on any atom is 0.119 e. The molecule has 1 aromatic rings. The van der Waals surface area contributed by atoms with Crippen LogP contribution in [-0.2, 0) is 12.0 Å². The van der Waals surface area contributed by atoms with E-state index in [0.29, 0.717) is 0 Å². The number of rotatable bonds is 1. The van der Waals surface area contributed by atoms with Gasteiger partial charge in [-0.05, 0) is 48.9 Å². The molecule has 1 unspecified atom stereocenters. The molecule has 0 saturated heterocycles. The lowest BCUT2D eigenvalue weighted by molar-refractivity contribution is 0.381. The zero-order valence-corrected chi connectivity index (χ0v) is 11.1. The maximum absolute atomic E-state index is 5.31. The SMILES string of the molecule is CNC1=NC2(CCC1)CCc1cc(OC)ccc12. The van der Waals surface area contributed by atoms with Gasteiger partial charge in [-0.3, -0.25) is 4.99 Å². The molecule has 1 N–H and O–H groups in total. The van der Waals surface area contributed by atoms with E-state index in [1.165, 1.54) is 24.0 Å². The molecule has 2 aliphatic rings. The van der Waals surface area contributed by atoms with Crippen LogP contribution in [0.5, 0.6) is 5.75 Å². The molecule has 3 heteroatoms. The van der Waals surface area contributed by atoms with Crippen LogP contribution in [0, 0.1) is 0 Å². The molecule has 1 spiro atoms. The standard InChI is InChI=1S/C15H20N2O/c1-16-14-4-3-8-15(17-14)9-7-11-10-12(18-2)5-6-13(11)15/h5-6,10H,3-4,7-9H2,1-2H3,(H,16,17). The smallest absolute Gasteiger partial charge is 0.119 e. The number of methoxy groups -OCH3 is 1. The van der Waals surface area contributed by atoms with Crippen molar-refractivity contribution in [3.63, 3.8) is 0 Å². The van der Waals surface area contributed by atoms with E-state index in [1.807, 2.05) is 7.05 Å². The Labute approximate surface area is 108 Å². The van der Waals surface area contributed by atoms with Crippen molar-refractivity contribution in [2.75, 3.05) is 14.2 Å². The van der Waals surface area contributed by atoms with Gasteiger partial charge in [0.2, 0.25) is 0 Å². The molecule has 18 heavy (non-hydrogen) atoms. The van der Waals surface area contributed by atoms with Gasteiger partial charge in [0.1, 0.15) is 5.75 Å². The summed E-state index contributed by atoms with van der Waals surface area (Å²) in [7, 11) is 3.70. The van der Waals surface area contributed by atoms with Crippen LogP contribution in [0.25, 0.3) is 0 Å². The third-order valence-electron chi connectivity index (χ3n) is 4.26. The molecule has 1 atom stereocenters. The Kier molecular flexibility index (Phi) is 2.77. The summed E-state index contributed by atoms with van der Waals surface area (Å²) in [5.41, 5.74) is 2.87. The van der Waals surface area contributed by atoms with E-state index in [9.17, 15) is 0 Å². The number of ether oxygens (including phenoxy) is 1. The minimum Gasteiger partial charge on any atom is -0.497 e. The average molecular weight is 244 g/mol. The predicted molar refractivity (Wildman–Crippen MR) is 73.3 cm³/mol. The summed E-state index contributed by atoms with van der Waals surface area (Å²) < 4.78 is 5.31. The highest BCUT2D eigenvalue weighted by Gasteiger charge is 2.40. The number of benzene rings is 1. The van der Waals surface area contributed by atoms with Crippen LogP contribution < -0.4 is 10.1 Å². The van der Waals surface area contributed by atoms with Gasteiger partial charge in [-0.2, -0.15) is 0 Å². The normalized spacial score (nSPS) is 25.8. The molecule has 3 nitrogen and oxygen atoms in total. The largest absolute Gasteiger partial charge is 0.497 e. The predicted octanol–water partition coefficient (Wildman–Crippen LogP) is 2.64. The first-order valence-electron chi connectivity index (χ1n) is 6.71. The molecule has 1 aromatic carbocycles. The van der Waals surface area contributed by atoms with E-state index in [-0.39, 0.29) is 5.54 Å². The summed E-state index contributed by atoms with van der Waals surface area (Å²) in [4.78, 5) is 4.99. The van der Waals surface area contributed by atoms with E-state index in [2.05, 4.69) is 23.5 Å². The van der Waals surface area contributed by atoms with Crippen LogP contribution in [0.2, 0.25) is 0 Å². The fraction of sp³-hybridized carbons (Fsp3) is 0.533. The first-order chi connectivity index (χ1) is 8.77. The first kappa shape index (κ1) is 11.6. The van der Waals surface area contributed by atoms with E-state index >= 15 is 0 Å². The second kappa shape index (κ2) is 4.30. The average Bonchev–Trinajstić information content (AvgIpc) is 2.77. The number of nitrogens with one attached hydrogen (secondary N) is 1. The van der Waals surface area contributed by atoms with Crippen molar-refractivity contribution in [2.24, 2.45) is 4.99 Å². The number of fused-ring (bicyclic) bond motifs is 2. The zero-order chi connectivity index (χ0) is 12.6. The monoisotopic (exact) mass is 244 g/mol. The van der Waals surface area contributed by atoms with Crippen LogP contribution in [0.15, 0.2) is 23.2 Å². The molecule has 0 saturated carbocycles. The third-order valence-corrected chi connectivity index (χ3v) is 4.26. The van der Waals surface area contributed by atoms with E-state index in [0.717, 1.165) is 30.8 Å². The van der Waals surface area contributed by atoms with Crippen molar-refractivity contribution in [3.05, 3.63) is 29.3 Å². The highest BCUT2D eigenvalue weighted by Crippen LogP contribution is 2.46. The molecule has 0 fully saturated rings. The Morgan fingerprint density at radius 1 is 1.28 bits per heavy atom. The Balaban J connectivity index is 2.03. The second-order valence-electron chi connectivity index (χ2n) is 5.22. The van der Waals surface area contributed by atoms with Gasteiger partial charge in [-0.1, -0.05) is 6.07 Å². The summed E-state index contributed by atoms with van der Waals surface area (Å²) in [5, 5.41) is 3.23. The van der Waals surface area contributed by atoms with Gasteiger partial charge >= 0.3 is 0 Å². The number of aliphatic imine (C=N–C) groups is 1. The number of aryl methyl sites for hydroxylation is 1. The Morgan fingerprint density at radius 3 is 2.94 bits per heavy atom. The van der Waals surface area contributed by atoms with Crippen LogP contribution in [0.3, 0.4) is 0 Å². The lowest BCUT2D eigenvalue weighted by atomic mass is 9.84. The number of amidine groups is 1. The fourth-order valence-corrected chi connectivity index (χ4v) is 3.31. The lowest BCUT2D eigenvalue weighted by Crippen LogP contribution is -2.31. The van der Waals surface area contributed by atoms with Crippen molar-refractivity contribution < 1.29 is 4.74 Å². The summed E-state index contributed by atoms with van der Waals surface area (Å²) in [5.74, 6) is 2.12. The molecule has 1 heterocycles. The van der Waals surface area contributed by atoms with E-state index in [4.69, 9.17) is 9.73 Å². The van der Waals surface area contributed by atoms with Crippen LogP contribution in [0.4, 0.5) is 0 Å². The third kappa shape index (κ3) is 1.69. The van der Waals surface area contributed by atoms with Crippen LogP contribution >= 0.6 is 0 Å². The minimum atomic E-state index is 0.0399. The Hall–Kier alpha value is -1.51. The van der Waals surface area contributed by atoms with Gasteiger partial charge in [0.15, 0.2) is 0 Å². The number of hydrogen-bond donors (Lipinski definition) is 1. The highest BCUT2D eigenvalue weighted by molar-refractivity contribution is 5.83. The highest BCUT2D eigenvalue weighted by atomic mass is 16.5. The van der Waals surface area contributed by atoms with Gasteiger partial charge in [-0.25, -0.2) is 0 Å². The van der Waals surface area contributed by atoms with E-state index in [1.54, 1.807) is 7.11 Å². The fourth-order valence-electron chi connectivity index (χ4n) is 3.31. The van der Waals surface area contributed by atoms with Gasteiger partial charge in [0.05, 0.1) is 18.5 Å². The summed E-state index contributed by atoms with van der Waals surface area (Å²) >= 11 is 0. The molecule has 0 bridgehead atoms. The molecule has 0 amide bonds. The Bertz CT molecular complexity index is 495. The molecule has 0 radical (unpaired) electrons. The molecular formula is C15H20N2O. The van der Waals surface area contributed by atoms with Gasteiger partial charge < -0.3 is 10.1 Å². The van der Waals surface area contributed by atoms with Crippen molar-refractivity contribution >= 4 is 5.84 Å². The first-order valence-corrected chi connectivity index (χ1v) is 6.71. The van der Waals surface area contributed by atoms with Crippen molar-refractivity contribution in [3.8, 4) is 5.75 Å². The van der Waals surface area contributed by atoms with Gasteiger partial charge in [0, 0.05) is 13.5 Å². The second-order valence-corrected chi connectivity index (χ2v) is 5.22. The van der Waals surface area contributed by atoms with Crippen molar-refractivity contribution in [1.29, 1.82) is 0 Å². The van der Waals surface area contributed by atoms with Crippen LogP contribution in [-0.4, -0.2) is 20.0 Å². The summed E-state index contributed by atoms with van der Waals surface area (Å²) in [6.45, 7) is 0. The lowest BCUT2D eigenvalue weighted by Gasteiger charge is -2.31. The summed E-state index contributed by atoms with van der Waals surface area (Å²) in [6, 6.07) is 6.45. The number of hydrogen-bond acceptors (Lipinski definition) is 3. The maximum atomic E-state index is 5.31. The van der Waals surface area contributed by atoms with Crippen LogP contribution in [0.1, 0.15) is 36.8 Å². The summed E-state index contributed by atoms with van der Waals surface area (Å²) in [6.07, 6.45) is 5.75. The Morgan fingerprint density at radius 2 is 2.17 bits per heavy atom. The molecule has 1 aliphatic carbocycles. The van der Waals surface area contributed by atoms with Gasteiger partial charge in [0.25, 0.3) is 0 Å². The number of nitrogens with zero attached hydrogens (tertiary/aromatic N) is 1. The topological polar surface area (TPSA) is 33.6 Å². The molecule has 96 valence electrons. The molecule has 1 aliphatic heterocycles.